The van der Waals surface area contributed by atoms with Crippen LogP contribution in [0.5, 0.6) is 5.75 Å². The third-order valence-electron chi connectivity index (χ3n) is 4.94. The van der Waals surface area contributed by atoms with Crippen LogP contribution in [0.2, 0.25) is 0 Å². The maximum atomic E-state index is 12.8. The van der Waals surface area contributed by atoms with Gasteiger partial charge in [0.1, 0.15) is 16.9 Å². The van der Waals surface area contributed by atoms with E-state index in [-0.39, 0.29) is 18.2 Å². The Balaban J connectivity index is 1.61. The average Bonchev–Trinajstić information content (AvgIpc) is 3.10. The number of amides is 2. The van der Waals surface area contributed by atoms with Crippen molar-refractivity contribution < 1.29 is 18.7 Å². The van der Waals surface area contributed by atoms with E-state index in [9.17, 15) is 9.59 Å². The van der Waals surface area contributed by atoms with Gasteiger partial charge in [-0.3, -0.25) is 9.59 Å². The number of carbonyl (C=O) groups is 2. The normalized spacial score (nSPS) is 11.9. The predicted octanol–water partition coefficient (Wildman–Crippen LogP) is 4.80. The highest BCUT2D eigenvalue weighted by Gasteiger charge is 2.19. The largest absolute Gasteiger partial charge is 0.495 e. The summed E-state index contributed by atoms with van der Waals surface area (Å²) in [6.07, 6.45) is 0.0882. The second-order valence-electron chi connectivity index (χ2n) is 7.06. The van der Waals surface area contributed by atoms with Gasteiger partial charge in [-0.1, -0.05) is 48.5 Å². The van der Waals surface area contributed by atoms with Crippen molar-refractivity contribution in [1.29, 1.82) is 0 Å². The molecule has 0 aliphatic rings. The molecule has 6 heteroatoms. The third kappa shape index (κ3) is 3.98. The lowest BCUT2D eigenvalue weighted by atomic mass is 10.0. The second kappa shape index (κ2) is 8.29. The van der Waals surface area contributed by atoms with Crippen LogP contribution in [0.4, 0.5) is 5.69 Å². The fourth-order valence-electron chi connectivity index (χ4n) is 3.59. The summed E-state index contributed by atoms with van der Waals surface area (Å²) >= 11 is 0. The van der Waals surface area contributed by atoms with Gasteiger partial charge in [-0.2, -0.15) is 0 Å². The minimum atomic E-state index is -0.426. The molecule has 1 heterocycles. The van der Waals surface area contributed by atoms with Crippen LogP contribution in [0.15, 0.2) is 71.1 Å². The minimum absolute atomic E-state index is 0.0882. The number of furan rings is 1. The second-order valence-corrected chi connectivity index (χ2v) is 7.06. The van der Waals surface area contributed by atoms with Crippen LogP contribution in [0.3, 0.4) is 0 Å². The minimum Gasteiger partial charge on any atom is -0.495 e. The highest BCUT2D eigenvalue weighted by molar-refractivity contribution is 6.07. The van der Waals surface area contributed by atoms with Crippen molar-refractivity contribution in [1.82, 2.24) is 5.32 Å². The van der Waals surface area contributed by atoms with Gasteiger partial charge in [-0.15, -0.1) is 0 Å². The number of rotatable bonds is 6. The lowest BCUT2D eigenvalue weighted by Crippen LogP contribution is -2.29. The average molecular weight is 402 g/mol. The maximum Gasteiger partial charge on any atom is 0.226 e. The van der Waals surface area contributed by atoms with Crippen LogP contribution in [0, 0.1) is 0 Å². The van der Waals surface area contributed by atoms with E-state index < -0.39 is 6.04 Å². The van der Waals surface area contributed by atoms with Crippen molar-refractivity contribution in [2.75, 3.05) is 12.4 Å². The van der Waals surface area contributed by atoms with Crippen LogP contribution < -0.4 is 15.4 Å². The lowest BCUT2D eigenvalue weighted by Gasteiger charge is -2.18. The summed E-state index contributed by atoms with van der Waals surface area (Å²) < 4.78 is 11.4. The fraction of sp³-hybridized carbons (Fsp3) is 0.167. The molecule has 0 spiro atoms. The van der Waals surface area contributed by atoms with Gasteiger partial charge in [0.05, 0.1) is 25.3 Å². The van der Waals surface area contributed by atoms with Crippen LogP contribution in [-0.4, -0.2) is 18.9 Å². The lowest BCUT2D eigenvalue weighted by molar-refractivity contribution is -0.120. The zero-order chi connectivity index (χ0) is 21.1. The Morgan fingerprint density at radius 1 is 0.967 bits per heavy atom. The zero-order valence-electron chi connectivity index (χ0n) is 16.8. The Labute approximate surface area is 173 Å². The van der Waals surface area contributed by atoms with Crippen LogP contribution >= 0.6 is 0 Å². The topological polar surface area (TPSA) is 80.6 Å². The van der Waals surface area contributed by atoms with Crippen molar-refractivity contribution in [3.63, 3.8) is 0 Å². The van der Waals surface area contributed by atoms with E-state index in [0.29, 0.717) is 17.0 Å². The summed E-state index contributed by atoms with van der Waals surface area (Å²) in [5.41, 5.74) is 2.81. The molecule has 0 unspecified atom stereocenters. The number of nitrogens with one attached hydrogen (secondary N) is 2. The summed E-state index contributed by atoms with van der Waals surface area (Å²) in [5.74, 6) is 0.0995. The fourth-order valence-corrected chi connectivity index (χ4v) is 3.59. The van der Waals surface area contributed by atoms with E-state index in [1.165, 1.54) is 6.92 Å². The maximum absolute atomic E-state index is 12.8. The van der Waals surface area contributed by atoms with Crippen LogP contribution in [0.25, 0.3) is 21.9 Å². The van der Waals surface area contributed by atoms with Crippen molar-refractivity contribution in [3.8, 4) is 5.75 Å². The monoisotopic (exact) mass is 402 g/mol. The first-order chi connectivity index (χ1) is 14.5. The Bertz CT molecular complexity index is 1210. The van der Waals surface area contributed by atoms with E-state index in [4.69, 9.17) is 9.15 Å². The van der Waals surface area contributed by atoms with Gasteiger partial charge in [0.15, 0.2) is 0 Å². The van der Waals surface area contributed by atoms with Gasteiger partial charge in [0.25, 0.3) is 0 Å². The highest BCUT2D eigenvalue weighted by Crippen LogP contribution is 2.36. The molecule has 1 atom stereocenters. The van der Waals surface area contributed by atoms with E-state index in [1.54, 1.807) is 13.2 Å². The first-order valence-corrected chi connectivity index (χ1v) is 9.66. The number of hydrogen-bond donors (Lipinski definition) is 2. The van der Waals surface area contributed by atoms with Gasteiger partial charge in [0.2, 0.25) is 11.8 Å². The van der Waals surface area contributed by atoms with E-state index in [0.717, 1.165) is 21.9 Å². The predicted molar refractivity (Wildman–Crippen MR) is 117 cm³/mol. The molecule has 152 valence electrons. The summed E-state index contributed by atoms with van der Waals surface area (Å²) in [6, 6.07) is 20.4. The summed E-state index contributed by atoms with van der Waals surface area (Å²) in [5, 5.41) is 7.64. The molecule has 4 aromatic rings. The number of anilines is 1. The van der Waals surface area contributed by atoms with Gasteiger partial charge in [0, 0.05) is 23.8 Å². The Kier molecular flexibility index (Phi) is 5.39. The van der Waals surface area contributed by atoms with E-state index in [1.807, 2.05) is 60.7 Å². The molecule has 0 saturated heterocycles. The molecule has 0 bridgehead atoms. The van der Waals surface area contributed by atoms with Gasteiger partial charge < -0.3 is 19.8 Å². The smallest absolute Gasteiger partial charge is 0.226 e. The quantitative estimate of drug-likeness (QED) is 0.485. The van der Waals surface area contributed by atoms with Gasteiger partial charge >= 0.3 is 0 Å². The van der Waals surface area contributed by atoms with Gasteiger partial charge in [-0.05, 0) is 17.7 Å². The van der Waals surface area contributed by atoms with Crippen molar-refractivity contribution in [2.24, 2.45) is 0 Å². The molecule has 0 saturated carbocycles. The zero-order valence-corrected chi connectivity index (χ0v) is 16.8. The molecule has 30 heavy (non-hydrogen) atoms. The molecule has 2 amide bonds. The van der Waals surface area contributed by atoms with Crippen LogP contribution in [0.1, 0.15) is 24.9 Å². The highest BCUT2D eigenvalue weighted by atomic mass is 16.5. The number of benzene rings is 3. The Hall–Kier alpha value is -3.80. The SMILES string of the molecule is COc1cc2c(cc1NC(=O)C[C@@H](NC(C)=O)c1ccccc1)oc1ccccc12. The first-order valence-electron chi connectivity index (χ1n) is 9.66. The molecule has 0 aliphatic heterocycles. The van der Waals surface area contributed by atoms with Crippen LogP contribution in [-0.2, 0) is 9.59 Å². The number of carbonyl (C=O) groups excluding carboxylic acids is 2. The van der Waals surface area contributed by atoms with Crippen molar-refractivity contribution >= 4 is 39.4 Å². The molecule has 3 aromatic carbocycles. The molecule has 0 fully saturated rings. The molecule has 0 aliphatic carbocycles. The molecular formula is C24H22N2O4. The standard InChI is InChI=1S/C24H22N2O4/c1-15(27)25-19(16-8-4-3-5-9-16)14-24(28)26-20-13-22-18(12-23(20)29-2)17-10-6-7-11-21(17)30-22/h3-13,19H,14H2,1-2H3,(H,25,27)(H,26,28)/t19-/m1/s1. The van der Waals surface area contributed by atoms with E-state index >= 15 is 0 Å². The molecule has 1 aromatic heterocycles. The first kappa shape index (κ1) is 19.5. The molecule has 4 rings (SSSR count). The van der Waals surface area contributed by atoms with Crippen molar-refractivity contribution in [3.05, 3.63) is 72.3 Å². The summed E-state index contributed by atoms with van der Waals surface area (Å²) in [7, 11) is 1.56. The molecule has 0 radical (unpaired) electrons. The summed E-state index contributed by atoms with van der Waals surface area (Å²) in [4.78, 5) is 24.4. The summed E-state index contributed by atoms with van der Waals surface area (Å²) in [6.45, 7) is 1.44. The Morgan fingerprint density at radius 2 is 1.70 bits per heavy atom. The molecule has 6 nitrogen and oxygen atoms in total. The molecule has 2 N–H and O–H groups in total. The molecular weight excluding hydrogens is 380 g/mol. The third-order valence-corrected chi connectivity index (χ3v) is 4.94. The van der Waals surface area contributed by atoms with Gasteiger partial charge in [-0.25, -0.2) is 0 Å². The number of para-hydroxylation sites is 1. The van der Waals surface area contributed by atoms with Crippen molar-refractivity contribution in [2.45, 2.75) is 19.4 Å². The Morgan fingerprint density at radius 3 is 2.43 bits per heavy atom. The number of methoxy groups -OCH3 is 1. The number of fused-ring (bicyclic) bond motifs is 3. The number of ether oxygens (including phenoxy) is 1. The number of hydrogen-bond acceptors (Lipinski definition) is 4. The van der Waals surface area contributed by atoms with E-state index in [2.05, 4.69) is 10.6 Å².